The van der Waals surface area contributed by atoms with Gasteiger partial charge in [-0.3, -0.25) is 0 Å². The van der Waals surface area contributed by atoms with Crippen LogP contribution in [0.5, 0.6) is 0 Å². The molecule has 0 radical (unpaired) electrons. The van der Waals surface area contributed by atoms with Gasteiger partial charge in [-0.1, -0.05) is 121 Å². The number of ether oxygens (including phenoxy) is 3. The number of carbonyl (C=O) groups excluding carboxylic acids is 1. The summed E-state index contributed by atoms with van der Waals surface area (Å²) in [7, 11) is -7.11. The molecule has 54 heavy (non-hydrogen) atoms. The van der Waals surface area contributed by atoms with E-state index in [1.165, 1.54) is 14.9 Å². The molecule has 0 spiro atoms. The molecule has 0 unspecified atom stereocenters. The molecule has 0 saturated heterocycles. The molecule has 14 heteroatoms. The highest BCUT2D eigenvalue weighted by atomic mass is 32.2. The first-order chi connectivity index (χ1) is 25.5. The van der Waals surface area contributed by atoms with Crippen LogP contribution in [0.4, 0.5) is 0 Å². The molecule has 12 nitrogen and oxygen atoms in total. The maximum Gasteiger partial charge on any atom is 0.332 e. The summed E-state index contributed by atoms with van der Waals surface area (Å²) in [6, 6.07) is 36.5. The SMILES string of the molecule is CC(C)(C)OC(=O)COCCN(C(c1ccccc1)c1ccccc1)S(C)(=O)=O.CS(=O)(=O)N(CCOCC(=O)O)C(c1ccccc1)c1ccccc1. The summed E-state index contributed by atoms with van der Waals surface area (Å²) < 4.78 is 68.4. The predicted molar refractivity (Wildman–Crippen MR) is 208 cm³/mol. The molecule has 0 aliphatic carbocycles. The van der Waals surface area contributed by atoms with Gasteiger partial charge in [0, 0.05) is 13.1 Å². The van der Waals surface area contributed by atoms with Crippen LogP contribution in [-0.4, -0.2) is 100 Å². The van der Waals surface area contributed by atoms with Gasteiger partial charge in [0.05, 0.1) is 37.8 Å². The summed E-state index contributed by atoms with van der Waals surface area (Å²) >= 11 is 0. The second kappa shape index (κ2) is 20.9. The van der Waals surface area contributed by atoms with Gasteiger partial charge < -0.3 is 19.3 Å². The van der Waals surface area contributed by atoms with Crippen LogP contribution in [0.3, 0.4) is 0 Å². The maximum absolute atomic E-state index is 12.6. The number of aliphatic carboxylic acids is 1. The normalized spacial score (nSPS) is 12.1. The molecule has 1 N–H and O–H groups in total. The van der Waals surface area contributed by atoms with Gasteiger partial charge in [-0.2, -0.15) is 8.61 Å². The van der Waals surface area contributed by atoms with E-state index < -0.39 is 56.3 Å². The monoisotopic (exact) mass is 782 g/mol. The Hall–Kier alpha value is -4.44. The van der Waals surface area contributed by atoms with E-state index in [2.05, 4.69) is 0 Å². The third-order valence-electron chi connectivity index (χ3n) is 7.67. The zero-order valence-electron chi connectivity index (χ0n) is 31.3. The zero-order chi connectivity index (χ0) is 39.8. The lowest BCUT2D eigenvalue weighted by Gasteiger charge is -2.30. The van der Waals surface area contributed by atoms with Crippen molar-refractivity contribution in [3.05, 3.63) is 144 Å². The molecule has 0 atom stereocenters. The molecule has 0 aliphatic rings. The number of nitrogens with zero attached hydrogens (tertiary/aromatic N) is 2. The molecule has 0 bridgehead atoms. The van der Waals surface area contributed by atoms with Gasteiger partial charge in [-0.05, 0) is 43.0 Å². The highest BCUT2D eigenvalue weighted by Gasteiger charge is 2.30. The number of sulfonamides is 2. The molecular weight excluding hydrogens is 733 g/mol. The van der Waals surface area contributed by atoms with Crippen LogP contribution in [-0.2, 0) is 43.8 Å². The second-order valence-electron chi connectivity index (χ2n) is 13.3. The molecular formula is C40H50N2O10S2. The van der Waals surface area contributed by atoms with Crippen molar-refractivity contribution in [2.45, 2.75) is 38.5 Å². The first kappa shape index (κ1) is 44.0. The Balaban J connectivity index is 0.000000294. The molecule has 0 amide bonds. The standard InChI is InChI=1S/C22H29NO5S.C18H21NO5S/c1-22(2,3)28-20(24)17-27-16-15-23(29(4,25)26)21(18-11-7-5-8-12-18)19-13-9-6-10-14-19;1-25(22,23)19(12-13-24-14-17(20)21)18(15-8-4-2-5-9-15)16-10-6-3-7-11-16/h5-14,21H,15-17H2,1-4H3;2-11,18H,12-14H2,1H3,(H,20,21). The summed E-state index contributed by atoms with van der Waals surface area (Å²) in [6.45, 7) is 4.88. The van der Waals surface area contributed by atoms with Crippen molar-refractivity contribution in [3.8, 4) is 0 Å². The number of carbonyl (C=O) groups is 2. The Morgan fingerprint density at radius 1 is 0.574 bits per heavy atom. The quantitative estimate of drug-likeness (QED) is 0.101. The average molecular weight is 783 g/mol. The van der Waals surface area contributed by atoms with E-state index in [-0.39, 0.29) is 32.9 Å². The zero-order valence-corrected chi connectivity index (χ0v) is 32.9. The topological polar surface area (TPSA) is 157 Å². The number of rotatable bonds is 18. The van der Waals surface area contributed by atoms with Crippen LogP contribution in [0.2, 0.25) is 0 Å². The lowest BCUT2D eigenvalue weighted by Crippen LogP contribution is -2.37. The highest BCUT2D eigenvalue weighted by molar-refractivity contribution is 7.88. The van der Waals surface area contributed by atoms with Gasteiger partial charge in [0.1, 0.15) is 18.8 Å². The summed E-state index contributed by atoms with van der Waals surface area (Å²) in [4.78, 5) is 22.4. The largest absolute Gasteiger partial charge is 0.480 e. The third-order valence-corrected chi connectivity index (χ3v) is 10.2. The lowest BCUT2D eigenvalue weighted by molar-refractivity contribution is -0.160. The smallest absolute Gasteiger partial charge is 0.332 e. The van der Waals surface area contributed by atoms with Gasteiger partial charge in [0.2, 0.25) is 20.0 Å². The highest BCUT2D eigenvalue weighted by Crippen LogP contribution is 2.31. The number of benzene rings is 4. The van der Waals surface area contributed by atoms with E-state index in [4.69, 9.17) is 19.3 Å². The minimum atomic E-state index is -3.56. The first-order valence-electron chi connectivity index (χ1n) is 17.2. The van der Waals surface area contributed by atoms with Crippen molar-refractivity contribution in [1.29, 1.82) is 0 Å². The summed E-state index contributed by atoms with van der Waals surface area (Å²) in [5.41, 5.74) is 2.78. The van der Waals surface area contributed by atoms with Gasteiger partial charge >= 0.3 is 11.9 Å². The molecule has 0 saturated carbocycles. The molecule has 292 valence electrons. The number of hydrogen-bond acceptors (Lipinski definition) is 9. The van der Waals surface area contributed by atoms with Crippen LogP contribution >= 0.6 is 0 Å². The van der Waals surface area contributed by atoms with Crippen molar-refractivity contribution < 1.29 is 45.7 Å². The first-order valence-corrected chi connectivity index (χ1v) is 20.9. The van der Waals surface area contributed by atoms with Crippen LogP contribution in [0.15, 0.2) is 121 Å². The van der Waals surface area contributed by atoms with E-state index in [1.807, 2.05) is 121 Å². The van der Waals surface area contributed by atoms with Crippen molar-refractivity contribution >= 4 is 32.0 Å². The fourth-order valence-corrected chi connectivity index (χ4v) is 7.62. The average Bonchev–Trinajstić information content (AvgIpc) is 3.11. The molecule has 0 aliphatic heterocycles. The fourth-order valence-electron chi connectivity index (χ4n) is 5.56. The number of carboxylic acid groups (broad SMARTS) is 1. The molecule has 4 aromatic carbocycles. The van der Waals surface area contributed by atoms with Crippen molar-refractivity contribution in [2.75, 3.05) is 52.0 Å². The molecule has 4 aromatic rings. The molecule has 0 aromatic heterocycles. The molecule has 4 rings (SSSR count). The van der Waals surface area contributed by atoms with E-state index >= 15 is 0 Å². The Labute approximate surface area is 319 Å². The number of carboxylic acids is 1. The Kier molecular flexibility index (Phi) is 17.0. The Bertz CT molecular complexity index is 1860. The van der Waals surface area contributed by atoms with Gasteiger partial charge in [-0.25, -0.2) is 26.4 Å². The van der Waals surface area contributed by atoms with Crippen LogP contribution in [0.1, 0.15) is 55.1 Å². The van der Waals surface area contributed by atoms with E-state index in [9.17, 15) is 26.4 Å². The third kappa shape index (κ3) is 15.1. The van der Waals surface area contributed by atoms with E-state index in [0.717, 1.165) is 28.5 Å². The fraction of sp³-hybridized carbons (Fsp3) is 0.350. The number of esters is 1. The maximum atomic E-state index is 12.6. The van der Waals surface area contributed by atoms with E-state index in [0.29, 0.717) is 0 Å². The molecule has 0 heterocycles. The summed E-state index contributed by atoms with van der Waals surface area (Å²) in [6.07, 6.45) is 2.32. The van der Waals surface area contributed by atoms with Crippen LogP contribution in [0.25, 0.3) is 0 Å². The lowest BCUT2D eigenvalue weighted by atomic mass is 9.99. The minimum absolute atomic E-state index is 0.00443. The van der Waals surface area contributed by atoms with Crippen LogP contribution in [0, 0.1) is 0 Å². The summed E-state index contributed by atoms with van der Waals surface area (Å²) in [5.74, 6) is -1.57. The Morgan fingerprint density at radius 3 is 1.13 bits per heavy atom. The van der Waals surface area contributed by atoms with E-state index in [1.54, 1.807) is 20.8 Å². The second-order valence-corrected chi connectivity index (χ2v) is 17.2. The molecule has 0 fully saturated rings. The van der Waals surface area contributed by atoms with Gasteiger partial charge in [0.15, 0.2) is 0 Å². The predicted octanol–water partition coefficient (Wildman–Crippen LogP) is 5.53. The minimum Gasteiger partial charge on any atom is -0.480 e. The van der Waals surface area contributed by atoms with Crippen molar-refractivity contribution in [2.24, 2.45) is 0 Å². The van der Waals surface area contributed by atoms with Gasteiger partial charge in [-0.15, -0.1) is 0 Å². The summed E-state index contributed by atoms with van der Waals surface area (Å²) in [5, 5.41) is 8.65. The number of hydrogen-bond donors (Lipinski definition) is 1. The van der Waals surface area contributed by atoms with Gasteiger partial charge in [0.25, 0.3) is 0 Å². The van der Waals surface area contributed by atoms with Crippen molar-refractivity contribution in [1.82, 2.24) is 8.61 Å². The Morgan fingerprint density at radius 2 is 0.870 bits per heavy atom. The van der Waals surface area contributed by atoms with Crippen molar-refractivity contribution in [3.63, 3.8) is 0 Å². The van der Waals surface area contributed by atoms with Crippen LogP contribution < -0.4 is 0 Å².